The first-order valence-corrected chi connectivity index (χ1v) is 5.57. The number of amides is 1. The Balaban J connectivity index is 2.01. The molecule has 1 aromatic carbocycles. The minimum atomic E-state index is -0.0665. The van der Waals surface area contributed by atoms with Gasteiger partial charge in [0.15, 0.2) is 0 Å². The van der Waals surface area contributed by atoms with Gasteiger partial charge in [-0.1, -0.05) is 0 Å². The minimum absolute atomic E-state index is 0.0665. The highest BCUT2D eigenvalue weighted by Gasteiger charge is 2.12. The van der Waals surface area contributed by atoms with E-state index in [9.17, 15) is 4.79 Å². The Labute approximate surface area is 94.7 Å². The molecule has 0 fully saturated rings. The number of benzene rings is 1. The number of carbonyl (C=O) groups is 1. The average molecular weight is 220 g/mol. The summed E-state index contributed by atoms with van der Waals surface area (Å²) in [6.45, 7) is 1.57. The van der Waals surface area contributed by atoms with Crippen molar-refractivity contribution in [2.75, 3.05) is 25.0 Å². The molecule has 4 nitrogen and oxygen atoms in total. The maximum absolute atomic E-state index is 11.7. The Kier molecular flexibility index (Phi) is 3.41. The van der Waals surface area contributed by atoms with Crippen LogP contribution in [0.15, 0.2) is 18.2 Å². The van der Waals surface area contributed by atoms with Crippen molar-refractivity contribution in [1.29, 1.82) is 0 Å². The zero-order valence-corrected chi connectivity index (χ0v) is 9.12. The molecular formula is C12H16N2O2. The van der Waals surface area contributed by atoms with E-state index in [1.807, 2.05) is 18.2 Å². The molecule has 1 aromatic rings. The van der Waals surface area contributed by atoms with Gasteiger partial charge in [-0.2, -0.15) is 0 Å². The van der Waals surface area contributed by atoms with Gasteiger partial charge in [0.1, 0.15) is 0 Å². The topological polar surface area (TPSA) is 61.4 Å². The lowest BCUT2D eigenvalue weighted by Gasteiger charge is -2.06. The maximum Gasteiger partial charge on any atom is 0.251 e. The van der Waals surface area contributed by atoms with E-state index in [0.29, 0.717) is 18.5 Å². The molecule has 16 heavy (non-hydrogen) atoms. The van der Waals surface area contributed by atoms with Crippen LogP contribution in [0.4, 0.5) is 5.69 Å². The van der Waals surface area contributed by atoms with E-state index in [0.717, 1.165) is 18.7 Å². The van der Waals surface area contributed by atoms with Crippen LogP contribution in [-0.4, -0.2) is 30.7 Å². The lowest BCUT2D eigenvalue weighted by molar-refractivity contribution is 0.0951. The fraction of sp³-hybridized carbons (Fsp3) is 0.417. The standard InChI is InChI=1S/C12H16N2O2/c15-7-1-5-14-12(16)10-2-3-11-9(8-10)4-6-13-11/h2-3,8,13,15H,1,4-7H2,(H,14,16). The van der Waals surface area contributed by atoms with Crippen LogP contribution in [0.2, 0.25) is 0 Å². The van der Waals surface area contributed by atoms with Crippen molar-refractivity contribution in [3.63, 3.8) is 0 Å². The Morgan fingerprint density at radius 1 is 1.50 bits per heavy atom. The minimum Gasteiger partial charge on any atom is -0.396 e. The SMILES string of the molecule is O=C(NCCCO)c1ccc2c(c1)CCN2. The summed E-state index contributed by atoms with van der Waals surface area (Å²) < 4.78 is 0. The van der Waals surface area contributed by atoms with Crippen molar-refractivity contribution >= 4 is 11.6 Å². The normalized spacial score (nSPS) is 13.1. The predicted octanol–water partition coefficient (Wildman–Crippen LogP) is 0.767. The summed E-state index contributed by atoms with van der Waals surface area (Å²) in [5.41, 5.74) is 3.03. The second-order valence-electron chi connectivity index (χ2n) is 3.88. The Morgan fingerprint density at radius 2 is 2.38 bits per heavy atom. The van der Waals surface area contributed by atoms with Gasteiger partial charge < -0.3 is 15.7 Å². The molecular weight excluding hydrogens is 204 g/mol. The smallest absolute Gasteiger partial charge is 0.251 e. The van der Waals surface area contributed by atoms with E-state index in [2.05, 4.69) is 10.6 Å². The summed E-state index contributed by atoms with van der Waals surface area (Å²) in [6.07, 6.45) is 1.57. The van der Waals surface area contributed by atoms with Gasteiger partial charge >= 0.3 is 0 Å². The lowest BCUT2D eigenvalue weighted by atomic mass is 10.1. The molecule has 86 valence electrons. The number of hydrogen-bond acceptors (Lipinski definition) is 3. The molecule has 1 heterocycles. The highest BCUT2D eigenvalue weighted by Crippen LogP contribution is 2.22. The monoisotopic (exact) mass is 220 g/mol. The Hall–Kier alpha value is -1.55. The molecule has 0 aromatic heterocycles. The summed E-state index contributed by atoms with van der Waals surface area (Å²) >= 11 is 0. The number of hydrogen-bond donors (Lipinski definition) is 3. The molecule has 2 rings (SSSR count). The van der Waals surface area contributed by atoms with E-state index < -0.39 is 0 Å². The fourth-order valence-corrected chi connectivity index (χ4v) is 1.83. The third-order valence-corrected chi connectivity index (χ3v) is 2.70. The second kappa shape index (κ2) is 4.99. The lowest BCUT2D eigenvalue weighted by Crippen LogP contribution is -2.25. The highest BCUT2D eigenvalue weighted by molar-refractivity contribution is 5.95. The van der Waals surface area contributed by atoms with Gasteiger partial charge in [0, 0.05) is 30.9 Å². The van der Waals surface area contributed by atoms with Crippen molar-refractivity contribution in [2.24, 2.45) is 0 Å². The largest absolute Gasteiger partial charge is 0.396 e. The first kappa shape index (κ1) is 11.0. The van der Waals surface area contributed by atoms with Crippen LogP contribution in [-0.2, 0) is 6.42 Å². The molecule has 1 aliphatic heterocycles. The molecule has 1 amide bonds. The van der Waals surface area contributed by atoms with Crippen LogP contribution in [0.1, 0.15) is 22.3 Å². The number of rotatable bonds is 4. The first-order chi connectivity index (χ1) is 7.81. The average Bonchev–Trinajstić information content (AvgIpc) is 2.76. The quantitative estimate of drug-likeness (QED) is 0.657. The molecule has 0 saturated heterocycles. The van der Waals surface area contributed by atoms with E-state index >= 15 is 0 Å². The zero-order valence-electron chi connectivity index (χ0n) is 9.12. The number of fused-ring (bicyclic) bond motifs is 1. The number of nitrogens with one attached hydrogen (secondary N) is 2. The molecule has 0 unspecified atom stereocenters. The zero-order chi connectivity index (χ0) is 11.4. The van der Waals surface area contributed by atoms with Crippen LogP contribution in [0.3, 0.4) is 0 Å². The number of carbonyl (C=O) groups excluding carboxylic acids is 1. The van der Waals surface area contributed by atoms with Gasteiger partial charge in [-0.15, -0.1) is 0 Å². The van der Waals surface area contributed by atoms with Crippen LogP contribution in [0.25, 0.3) is 0 Å². The molecule has 0 bridgehead atoms. The van der Waals surface area contributed by atoms with Gasteiger partial charge in [0.05, 0.1) is 0 Å². The third kappa shape index (κ3) is 2.33. The third-order valence-electron chi connectivity index (χ3n) is 2.70. The van der Waals surface area contributed by atoms with Crippen LogP contribution >= 0.6 is 0 Å². The molecule has 0 spiro atoms. The number of aliphatic hydroxyl groups excluding tert-OH is 1. The molecule has 4 heteroatoms. The molecule has 0 aliphatic carbocycles. The molecule has 0 radical (unpaired) electrons. The van der Waals surface area contributed by atoms with Crippen molar-refractivity contribution in [3.05, 3.63) is 29.3 Å². The summed E-state index contributed by atoms with van der Waals surface area (Å²) in [5, 5.41) is 14.6. The van der Waals surface area contributed by atoms with Gasteiger partial charge in [0.2, 0.25) is 0 Å². The number of aliphatic hydroxyl groups is 1. The second-order valence-corrected chi connectivity index (χ2v) is 3.88. The van der Waals surface area contributed by atoms with Crippen molar-refractivity contribution in [1.82, 2.24) is 5.32 Å². The maximum atomic E-state index is 11.7. The first-order valence-electron chi connectivity index (χ1n) is 5.57. The Bertz CT molecular complexity index is 391. The van der Waals surface area contributed by atoms with Crippen LogP contribution < -0.4 is 10.6 Å². The fourth-order valence-electron chi connectivity index (χ4n) is 1.83. The van der Waals surface area contributed by atoms with Crippen LogP contribution in [0.5, 0.6) is 0 Å². The van der Waals surface area contributed by atoms with Crippen molar-refractivity contribution < 1.29 is 9.90 Å². The van der Waals surface area contributed by atoms with Crippen LogP contribution in [0, 0.1) is 0 Å². The van der Waals surface area contributed by atoms with Gasteiger partial charge in [-0.25, -0.2) is 0 Å². The van der Waals surface area contributed by atoms with E-state index in [-0.39, 0.29) is 12.5 Å². The van der Waals surface area contributed by atoms with E-state index in [1.165, 1.54) is 5.56 Å². The summed E-state index contributed by atoms with van der Waals surface area (Å²) in [4.78, 5) is 11.7. The number of anilines is 1. The molecule has 0 atom stereocenters. The van der Waals surface area contributed by atoms with Gasteiger partial charge in [0.25, 0.3) is 5.91 Å². The van der Waals surface area contributed by atoms with Crippen molar-refractivity contribution in [2.45, 2.75) is 12.8 Å². The summed E-state index contributed by atoms with van der Waals surface area (Å²) in [5.74, 6) is -0.0665. The van der Waals surface area contributed by atoms with Gasteiger partial charge in [-0.05, 0) is 36.6 Å². The Morgan fingerprint density at radius 3 is 3.19 bits per heavy atom. The van der Waals surface area contributed by atoms with Crippen molar-refractivity contribution in [3.8, 4) is 0 Å². The van der Waals surface area contributed by atoms with E-state index in [4.69, 9.17) is 5.11 Å². The summed E-state index contributed by atoms with van der Waals surface area (Å²) in [7, 11) is 0. The molecule has 3 N–H and O–H groups in total. The molecule has 1 aliphatic rings. The molecule has 0 saturated carbocycles. The highest BCUT2D eigenvalue weighted by atomic mass is 16.3. The summed E-state index contributed by atoms with van der Waals surface area (Å²) in [6, 6.07) is 5.71. The predicted molar refractivity (Wildman–Crippen MR) is 62.7 cm³/mol. The van der Waals surface area contributed by atoms with Gasteiger partial charge in [-0.3, -0.25) is 4.79 Å². The van der Waals surface area contributed by atoms with E-state index in [1.54, 1.807) is 0 Å².